The van der Waals surface area contributed by atoms with Gasteiger partial charge in [-0.15, -0.1) is 0 Å². The van der Waals surface area contributed by atoms with Crippen LogP contribution in [-0.2, 0) is 14.3 Å². The second-order valence-corrected chi connectivity index (χ2v) is 10.0. The first-order valence-electron chi connectivity index (χ1n) is 12.3. The molecule has 36 heavy (non-hydrogen) atoms. The first-order valence-corrected chi connectivity index (χ1v) is 12.3. The van der Waals surface area contributed by atoms with Gasteiger partial charge in [-0.3, -0.25) is 4.79 Å². The highest BCUT2D eigenvalue weighted by atomic mass is 16.5. The van der Waals surface area contributed by atoms with Crippen molar-refractivity contribution in [3.8, 4) is 23.1 Å². The average molecular weight is 500 g/mol. The zero-order chi connectivity index (χ0) is 26.0. The molecule has 1 fully saturated rings. The van der Waals surface area contributed by atoms with Crippen LogP contribution in [0.4, 0.5) is 0 Å². The highest BCUT2D eigenvalue weighted by Gasteiger charge is 2.24. The molecule has 9 nitrogen and oxygen atoms in total. The number of rotatable bonds is 11. The van der Waals surface area contributed by atoms with Gasteiger partial charge in [0.1, 0.15) is 29.4 Å². The van der Waals surface area contributed by atoms with Crippen LogP contribution in [0.3, 0.4) is 0 Å². The van der Waals surface area contributed by atoms with E-state index in [0.717, 1.165) is 32.4 Å². The monoisotopic (exact) mass is 499 g/mol. The van der Waals surface area contributed by atoms with Crippen molar-refractivity contribution in [1.29, 1.82) is 0 Å². The number of nitrogens with zero attached hydrogens (tertiary/aromatic N) is 1. The molecule has 1 atom stereocenters. The quantitative estimate of drug-likeness (QED) is 0.449. The Balaban J connectivity index is 1.49. The highest BCUT2D eigenvalue weighted by molar-refractivity contribution is 5.85. The van der Waals surface area contributed by atoms with Crippen molar-refractivity contribution < 1.29 is 28.5 Å². The van der Waals surface area contributed by atoms with Gasteiger partial charge in [0.05, 0.1) is 13.3 Å². The molecule has 196 valence electrons. The summed E-state index contributed by atoms with van der Waals surface area (Å²) in [5.41, 5.74) is 0.0310. The molecule has 2 heterocycles. The van der Waals surface area contributed by atoms with Crippen LogP contribution in [0.25, 0.3) is 0 Å². The fourth-order valence-electron chi connectivity index (χ4n) is 3.70. The number of hydrogen-bond donors (Lipinski definition) is 2. The maximum atomic E-state index is 12.4. The molecule has 1 amide bonds. The van der Waals surface area contributed by atoms with Gasteiger partial charge in [0, 0.05) is 12.1 Å². The van der Waals surface area contributed by atoms with Crippen LogP contribution in [0.5, 0.6) is 23.1 Å². The first-order chi connectivity index (χ1) is 17.2. The van der Waals surface area contributed by atoms with Crippen molar-refractivity contribution in [3.05, 3.63) is 42.6 Å². The van der Waals surface area contributed by atoms with Crippen LogP contribution in [0.1, 0.15) is 46.5 Å². The number of esters is 1. The predicted octanol–water partition coefficient (Wildman–Crippen LogP) is 3.87. The van der Waals surface area contributed by atoms with E-state index in [0.29, 0.717) is 29.5 Å². The Bertz CT molecular complexity index is 984. The molecule has 2 N–H and O–H groups in total. The summed E-state index contributed by atoms with van der Waals surface area (Å²) in [6.07, 6.45) is 5.05. The van der Waals surface area contributed by atoms with Gasteiger partial charge in [-0.25, -0.2) is 9.78 Å². The van der Waals surface area contributed by atoms with E-state index in [1.807, 2.05) is 6.07 Å². The van der Waals surface area contributed by atoms with Gasteiger partial charge in [-0.1, -0.05) is 26.8 Å². The van der Waals surface area contributed by atoms with Crippen LogP contribution in [-0.4, -0.2) is 55.8 Å². The Morgan fingerprint density at radius 2 is 1.86 bits per heavy atom. The third kappa shape index (κ3) is 9.37. The van der Waals surface area contributed by atoms with Crippen LogP contribution >= 0.6 is 0 Å². The second kappa shape index (κ2) is 13.1. The van der Waals surface area contributed by atoms with E-state index in [9.17, 15) is 9.59 Å². The molecule has 1 aromatic heterocycles. The summed E-state index contributed by atoms with van der Waals surface area (Å²) in [5.74, 6) is 1.23. The zero-order valence-corrected chi connectivity index (χ0v) is 21.5. The molecule has 9 heteroatoms. The summed E-state index contributed by atoms with van der Waals surface area (Å²) >= 11 is 0. The second-order valence-electron chi connectivity index (χ2n) is 10.0. The minimum atomic E-state index is -0.715. The largest absolute Gasteiger partial charge is 0.489 e. The standard InChI is InChI=1S/C27H37N3O6/c1-27(2,3)13-10-23(26(32)33-4)30-24(31)18-34-20-6-5-7-21(16-20)36-25-9-8-22(17-29-25)35-19-11-14-28-15-12-19/h5-9,16-17,19,23,28H,10-15,18H2,1-4H3,(H,30,31)/t23-/m0/s1. The molecule has 1 aromatic carbocycles. The zero-order valence-electron chi connectivity index (χ0n) is 21.5. The maximum absolute atomic E-state index is 12.4. The van der Waals surface area contributed by atoms with Crippen molar-refractivity contribution in [2.45, 2.75) is 58.6 Å². The SMILES string of the molecule is COC(=O)[C@H](CCC(C)(C)C)NC(=O)COc1cccc(Oc2ccc(OC3CCNCC3)cn2)c1. The topological polar surface area (TPSA) is 108 Å². The molecule has 0 saturated carbocycles. The molecular formula is C27H37N3O6. The van der Waals surface area contributed by atoms with E-state index in [1.54, 1.807) is 36.5 Å². The van der Waals surface area contributed by atoms with Gasteiger partial charge in [0.2, 0.25) is 5.88 Å². The molecule has 1 saturated heterocycles. The van der Waals surface area contributed by atoms with Gasteiger partial charge in [-0.2, -0.15) is 0 Å². The maximum Gasteiger partial charge on any atom is 0.328 e. The number of aromatic nitrogens is 1. The highest BCUT2D eigenvalue weighted by Crippen LogP contribution is 2.26. The average Bonchev–Trinajstić information content (AvgIpc) is 2.86. The number of hydrogen-bond acceptors (Lipinski definition) is 8. The van der Waals surface area contributed by atoms with Crippen LogP contribution < -0.4 is 24.8 Å². The number of benzene rings is 1. The smallest absolute Gasteiger partial charge is 0.328 e. The lowest BCUT2D eigenvalue weighted by Gasteiger charge is -2.23. The van der Waals surface area contributed by atoms with Gasteiger partial charge in [-0.05, 0) is 62.4 Å². The molecule has 0 radical (unpaired) electrons. The Morgan fingerprint density at radius 3 is 2.53 bits per heavy atom. The Morgan fingerprint density at radius 1 is 1.11 bits per heavy atom. The number of carbonyl (C=O) groups is 2. The summed E-state index contributed by atoms with van der Waals surface area (Å²) < 4.78 is 22.2. The third-order valence-corrected chi connectivity index (χ3v) is 5.70. The van der Waals surface area contributed by atoms with Gasteiger partial charge in [0.15, 0.2) is 6.61 Å². The summed E-state index contributed by atoms with van der Waals surface area (Å²) in [6.45, 7) is 7.91. The van der Waals surface area contributed by atoms with Crippen LogP contribution in [0.2, 0.25) is 0 Å². The number of carbonyl (C=O) groups excluding carboxylic acids is 2. The Hall–Kier alpha value is -3.33. The van der Waals surface area contributed by atoms with E-state index in [2.05, 4.69) is 36.4 Å². The predicted molar refractivity (Wildman–Crippen MR) is 135 cm³/mol. The number of ether oxygens (including phenoxy) is 4. The van der Waals surface area contributed by atoms with Crippen molar-refractivity contribution >= 4 is 11.9 Å². The fraction of sp³-hybridized carbons (Fsp3) is 0.519. The molecular weight excluding hydrogens is 462 g/mol. The summed E-state index contributed by atoms with van der Waals surface area (Å²) in [4.78, 5) is 28.8. The molecule has 3 rings (SSSR count). The van der Waals surface area contributed by atoms with E-state index < -0.39 is 17.9 Å². The number of pyridine rings is 1. The minimum Gasteiger partial charge on any atom is -0.489 e. The first kappa shape index (κ1) is 27.3. The molecule has 1 aliphatic heterocycles. The summed E-state index contributed by atoms with van der Waals surface area (Å²) in [6, 6.07) is 9.81. The van der Waals surface area contributed by atoms with E-state index in [-0.39, 0.29) is 18.1 Å². The Labute approximate surface area is 212 Å². The van der Waals surface area contributed by atoms with Crippen molar-refractivity contribution in [2.75, 3.05) is 26.8 Å². The molecule has 2 aromatic rings. The van der Waals surface area contributed by atoms with Crippen LogP contribution in [0.15, 0.2) is 42.6 Å². The number of nitrogens with one attached hydrogen (secondary N) is 2. The lowest BCUT2D eigenvalue weighted by molar-refractivity contribution is -0.145. The summed E-state index contributed by atoms with van der Waals surface area (Å²) in [5, 5.41) is 6.02. The molecule has 0 unspecified atom stereocenters. The lowest BCUT2D eigenvalue weighted by Crippen LogP contribution is -2.44. The Kier molecular flexibility index (Phi) is 9.93. The normalized spacial score (nSPS) is 15.0. The van der Waals surface area contributed by atoms with Gasteiger partial charge < -0.3 is 29.6 Å². The molecule has 0 bridgehead atoms. The van der Waals surface area contributed by atoms with E-state index >= 15 is 0 Å². The van der Waals surface area contributed by atoms with E-state index in [1.165, 1.54) is 7.11 Å². The molecule has 1 aliphatic rings. The van der Waals surface area contributed by atoms with E-state index in [4.69, 9.17) is 18.9 Å². The fourth-order valence-corrected chi connectivity index (χ4v) is 3.70. The van der Waals surface area contributed by atoms with Gasteiger partial charge in [0.25, 0.3) is 5.91 Å². The van der Waals surface area contributed by atoms with Crippen LogP contribution in [0, 0.1) is 5.41 Å². The van der Waals surface area contributed by atoms with Gasteiger partial charge >= 0.3 is 5.97 Å². The molecule has 0 spiro atoms. The minimum absolute atomic E-state index is 0.0310. The molecule has 0 aliphatic carbocycles. The number of piperidine rings is 1. The van der Waals surface area contributed by atoms with Crippen molar-refractivity contribution in [2.24, 2.45) is 5.41 Å². The van der Waals surface area contributed by atoms with Crippen molar-refractivity contribution in [1.82, 2.24) is 15.6 Å². The lowest BCUT2D eigenvalue weighted by atomic mass is 9.88. The van der Waals surface area contributed by atoms with Crippen molar-refractivity contribution in [3.63, 3.8) is 0 Å². The third-order valence-electron chi connectivity index (χ3n) is 5.70. The number of methoxy groups -OCH3 is 1. The summed E-state index contributed by atoms with van der Waals surface area (Å²) in [7, 11) is 1.31. The number of amides is 1.